The fourth-order valence-corrected chi connectivity index (χ4v) is 2.07. The first-order valence-electron chi connectivity index (χ1n) is 6.93. The van der Waals surface area contributed by atoms with Gasteiger partial charge in [-0.25, -0.2) is 0 Å². The van der Waals surface area contributed by atoms with Crippen molar-refractivity contribution in [1.29, 1.82) is 0 Å². The lowest BCUT2D eigenvalue weighted by Crippen LogP contribution is -2.42. The molecule has 0 radical (unpaired) electrons. The number of aromatic nitrogens is 1. The number of rotatable bonds is 7. The molecule has 2 nitrogen and oxygen atoms in total. The van der Waals surface area contributed by atoms with Crippen LogP contribution in [0.15, 0.2) is 42.7 Å². The zero-order valence-corrected chi connectivity index (χ0v) is 11.1. The van der Waals surface area contributed by atoms with E-state index in [1.54, 1.807) is 0 Å². The lowest BCUT2D eigenvalue weighted by Gasteiger charge is -2.00. The summed E-state index contributed by atoms with van der Waals surface area (Å²) in [6.45, 7) is 3.04. The summed E-state index contributed by atoms with van der Waals surface area (Å²) in [5, 5.41) is 2.46. The van der Waals surface area contributed by atoms with Crippen molar-refractivity contribution in [3.63, 3.8) is 0 Å². The third kappa shape index (κ3) is 3.73. The molecule has 0 amide bonds. The molecule has 0 aliphatic carbocycles. The van der Waals surface area contributed by atoms with Crippen LogP contribution in [0.25, 0.3) is 10.8 Å². The van der Waals surface area contributed by atoms with Gasteiger partial charge in [0, 0.05) is 10.8 Å². The molecule has 0 bridgehead atoms. The third-order valence-corrected chi connectivity index (χ3v) is 3.15. The maximum Gasteiger partial charge on any atom is 0.230 e. The van der Waals surface area contributed by atoms with E-state index in [2.05, 4.69) is 37.3 Å². The summed E-state index contributed by atoms with van der Waals surface area (Å²) in [5.41, 5.74) is 0. The fourth-order valence-electron chi connectivity index (χ4n) is 2.07. The Morgan fingerprint density at radius 1 is 0.944 bits per heavy atom. The average molecular weight is 244 g/mol. The highest BCUT2D eigenvalue weighted by Crippen LogP contribution is 2.09. The van der Waals surface area contributed by atoms with Gasteiger partial charge in [-0.3, -0.25) is 4.84 Å². The number of nitrogens with zero attached hydrogens (tertiary/aromatic N) is 1. The molecule has 0 saturated heterocycles. The Kier molecular flexibility index (Phi) is 5.00. The predicted octanol–water partition coefficient (Wildman–Crippen LogP) is 3.53. The Labute approximate surface area is 109 Å². The van der Waals surface area contributed by atoms with Gasteiger partial charge in [0.25, 0.3) is 0 Å². The quantitative estimate of drug-likeness (QED) is 0.536. The van der Waals surface area contributed by atoms with Gasteiger partial charge in [-0.2, -0.15) is 0 Å². The molecule has 0 aliphatic rings. The molecule has 2 heteroatoms. The first-order valence-corrected chi connectivity index (χ1v) is 6.93. The van der Waals surface area contributed by atoms with Crippen molar-refractivity contribution in [2.24, 2.45) is 0 Å². The van der Waals surface area contributed by atoms with Crippen molar-refractivity contribution in [1.82, 2.24) is 0 Å². The SMILES string of the molecule is CCCCCCCO[n+]1ccc2ccccc2c1. The number of fused-ring (bicyclic) bond motifs is 1. The molecular formula is C16H22NO+. The second-order valence-corrected chi connectivity index (χ2v) is 4.68. The van der Waals surface area contributed by atoms with Gasteiger partial charge < -0.3 is 0 Å². The maximum atomic E-state index is 5.71. The Bertz CT molecular complexity index is 481. The monoisotopic (exact) mass is 244 g/mol. The number of hydrogen-bond donors (Lipinski definition) is 0. The molecule has 0 aliphatic heterocycles. The van der Waals surface area contributed by atoms with Crippen molar-refractivity contribution < 1.29 is 9.57 Å². The van der Waals surface area contributed by atoms with E-state index in [0.717, 1.165) is 13.0 Å². The van der Waals surface area contributed by atoms with Crippen LogP contribution < -0.4 is 9.57 Å². The van der Waals surface area contributed by atoms with Gasteiger partial charge in [0.15, 0.2) is 6.61 Å². The second-order valence-electron chi connectivity index (χ2n) is 4.68. The number of unbranched alkanes of at least 4 members (excludes halogenated alkanes) is 4. The molecule has 18 heavy (non-hydrogen) atoms. The molecule has 2 aromatic rings. The van der Waals surface area contributed by atoms with Gasteiger partial charge in [-0.05, 0) is 24.3 Å². The van der Waals surface area contributed by atoms with E-state index in [-0.39, 0.29) is 0 Å². The number of pyridine rings is 1. The van der Waals surface area contributed by atoms with E-state index >= 15 is 0 Å². The molecule has 0 unspecified atom stereocenters. The van der Waals surface area contributed by atoms with Gasteiger partial charge in [0.1, 0.15) is 0 Å². The lowest BCUT2D eigenvalue weighted by molar-refractivity contribution is -0.890. The summed E-state index contributed by atoms with van der Waals surface area (Å²) in [6, 6.07) is 10.4. The molecule has 0 saturated carbocycles. The topological polar surface area (TPSA) is 13.1 Å². The van der Waals surface area contributed by atoms with Crippen molar-refractivity contribution in [3.8, 4) is 0 Å². The Balaban J connectivity index is 1.81. The van der Waals surface area contributed by atoms with Crippen LogP contribution in [0.4, 0.5) is 0 Å². The molecule has 0 fully saturated rings. The normalized spacial score (nSPS) is 10.7. The molecule has 1 aromatic heterocycles. The Morgan fingerprint density at radius 2 is 1.72 bits per heavy atom. The Hall–Kier alpha value is -1.57. The van der Waals surface area contributed by atoms with Crippen LogP contribution in [0.1, 0.15) is 39.0 Å². The molecule has 1 heterocycles. The number of hydrogen-bond acceptors (Lipinski definition) is 1. The maximum absolute atomic E-state index is 5.71. The van der Waals surface area contributed by atoms with E-state index in [1.807, 2.05) is 17.1 Å². The minimum Gasteiger partial charge on any atom is -0.271 e. The zero-order valence-electron chi connectivity index (χ0n) is 11.1. The van der Waals surface area contributed by atoms with E-state index < -0.39 is 0 Å². The predicted molar refractivity (Wildman–Crippen MR) is 74.3 cm³/mol. The molecule has 0 N–H and O–H groups in total. The van der Waals surface area contributed by atoms with Crippen LogP contribution in [0.5, 0.6) is 0 Å². The van der Waals surface area contributed by atoms with E-state index in [4.69, 9.17) is 4.84 Å². The minimum absolute atomic E-state index is 0.798. The van der Waals surface area contributed by atoms with Crippen LogP contribution in [0.3, 0.4) is 0 Å². The van der Waals surface area contributed by atoms with Crippen molar-refractivity contribution in [2.75, 3.05) is 6.61 Å². The first kappa shape index (κ1) is 12.9. The van der Waals surface area contributed by atoms with E-state index in [9.17, 15) is 0 Å². The molecular weight excluding hydrogens is 222 g/mol. The smallest absolute Gasteiger partial charge is 0.230 e. The summed E-state index contributed by atoms with van der Waals surface area (Å²) in [5.74, 6) is 0. The van der Waals surface area contributed by atoms with Crippen LogP contribution >= 0.6 is 0 Å². The molecule has 2 rings (SSSR count). The van der Waals surface area contributed by atoms with Gasteiger partial charge in [0.05, 0.1) is 5.39 Å². The highest BCUT2D eigenvalue weighted by atomic mass is 16.7. The van der Waals surface area contributed by atoms with Gasteiger partial charge in [-0.15, -0.1) is 0 Å². The average Bonchev–Trinajstić information content (AvgIpc) is 2.42. The molecule has 1 aromatic carbocycles. The fraction of sp³-hybridized carbons (Fsp3) is 0.438. The van der Waals surface area contributed by atoms with Crippen LogP contribution in [0.2, 0.25) is 0 Å². The van der Waals surface area contributed by atoms with Crippen LogP contribution in [-0.2, 0) is 0 Å². The van der Waals surface area contributed by atoms with Gasteiger partial charge in [-0.1, -0.05) is 44.4 Å². The highest BCUT2D eigenvalue weighted by molar-refractivity contribution is 5.80. The van der Waals surface area contributed by atoms with Crippen molar-refractivity contribution in [2.45, 2.75) is 39.0 Å². The summed E-state index contributed by atoms with van der Waals surface area (Å²) < 4.78 is 1.82. The van der Waals surface area contributed by atoms with Gasteiger partial charge in [0.2, 0.25) is 12.4 Å². The summed E-state index contributed by atoms with van der Waals surface area (Å²) in [6.07, 6.45) is 10.4. The molecule has 96 valence electrons. The number of benzene rings is 1. The van der Waals surface area contributed by atoms with E-state index in [0.29, 0.717) is 0 Å². The third-order valence-electron chi connectivity index (χ3n) is 3.15. The van der Waals surface area contributed by atoms with Crippen molar-refractivity contribution >= 4 is 10.8 Å². The van der Waals surface area contributed by atoms with Gasteiger partial charge >= 0.3 is 0 Å². The summed E-state index contributed by atoms with van der Waals surface area (Å²) >= 11 is 0. The van der Waals surface area contributed by atoms with Crippen LogP contribution in [-0.4, -0.2) is 6.61 Å². The largest absolute Gasteiger partial charge is 0.271 e. The van der Waals surface area contributed by atoms with E-state index in [1.165, 1.54) is 36.5 Å². The minimum atomic E-state index is 0.798. The highest BCUT2D eigenvalue weighted by Gasteiger charge is 2.03. The molecule has 0 atom stereocenters. The standard InChI is InChI=1S/C16H22NO/c1-2-3-4-5-8-13-18-17-12-11-15-9-6-7-10-16(15)14-17/h6-7,9-12,14H,2-5,8,13H2,1H3/q+1. The first-order chi connectivity index (χ1) is 8.90. The lowest BCUT2D eigenvalue weighted by atomic mass is 10.2. The Morgan fingerprint density at radius 3 is 2.56 bits per heavy atom. The van der Waals surface area contributed by atoms with Crippen LogP contribution in [0, 0.1) is 0 Å². The van der Waals surface area contributed by atoms with Crippen molar-refractivity contribution in [3.05, 3.63) is 42.7 Å². The molecule has 0 spiro atoms. The summed E-state index contributed by atoms with van der Waals surface area (Å²) in [7, 11) is 0. The second kappa shape index (κ2) is 7.00. The summed E-state index contributed by atoms with van der Waals surface area (Å²) in [4.78, 5) is 5.71. The zero-order chi connectivity index (χ0) is 12.6.